The fourth-order valence-electron chi connectivity index (χ4n) is 2.67. The number of benzene rings is 1. The number of fused-ring (bicyclic) bond motifs is 1. The zero-order valence-corrected chi connectivity index (χ0v) is 13.0. The van der Waals surface area contributed by atoms with Gasteiger partial charge in [0.25, 0.3) is 0 Å². The van der Waals surface area contributed by atoms with Crippen molar-refractivity contribution in [2.75, 3.05) is 7.05 Å². The van der Waals surface area contributed by atoms with Crippen molar-refractivity contribution in [2.45, 2.75) is 26.8 Å². The van der Waals surface area contributed by atoms with Gasteiger partial charge in [0.1, 0.15) is 11.5 Å². The lowest BCUT2D eigenvalue weighted by Gasteiger charge is -2.15. The number of hydrogen-bond acceptors (Lipinski definition) is 3. The van der Waals surface area contributed by atoms with Crippen LogP contribution in [0.4, 0.5) is 0 Å². The minimum absolute atomic E-state index is 0.0634. The van der Waals surface area contributed by atoms with E-state index in [0.717, 1.165) is 33.6 Å². The van der Waals surface area contributed by atoms with Gasteiger partial charge < -0.3 is 14.4 Å². The van der Waals surface area contributed by atoms with E-state index < -0.39 is 0 Å². The Morgan fingerprint density at radius 1 is 1.32 bits per heavy atom. The van der Waals surface area contributed by atoms with Crippen LogP contribution in [-0.2, 0) is 17.8 Å². The summed E-state index contributed by atoms with van der Waals surface area (Å²) in [6.45, 7) is 4.30. The average Bonchev–Trinajstić information content (AvgIpc) is 3.03. The van der Waals surface area contributed by atoms with Crippen LogP contribution in [0.3, 0.4) is 0 Å². The van der Waals surface area contributed by atoms with Crippen LogP contribution < -0.4 is 0 Å². The van der Waals surface area contributed by atoms with Gasteiger partial charge in [-0.2, -0.15) is 0 Å². The monoisotopic (exact) mass is 297 g/mol. The van der Waals surface area contributed by atoms with Crippen molar-refractivity contribution in [3.05, 3.63) is 53.0 Å². The van der Waals surface area contributed by atoms with E-state index in [1.54, 1.807) is 11.9 Å². The van der Waals surface area contributed by atoms with Crippen LogP contribution in [0.25, 0.3) is 10.9 Å². The first-order valence-corrected chi connectivity index (χ1v) is 7.27. The van der Waals surface area contributed by atoms with Crippen molar-refractivity contribution < 1.29 is 9.32 Å². The van der Waals surface area contributed by atoms with Crippen molar-refractivity contribution in [1.29, 1.82) is 0 Å². The number of carbonyl (C=O) groups is 1. The highest BCUT2D eigenvalue weighted by Crippen LogP contribution is 2.22. The minimum Gasteiger partial charge on any atom is -0.361 e. The zero-order valence-electron chi connectivity index (χ0n) is 13.0. The van der Waals surface area contributed by atoms with Gasteiger partial charge >= 0.3 is 0 Å². The molecule has 1 amide bonds. The molecular weight excluding hydrogens is 278 g/mol. The summed E-state index contributed by atoms with van der Waals surface area (Å²) >= 11 is 0. The van der Waals surface area contributed by atoms with Crippen molar-refractivity contribution >= 4 is 16.8 Å². The molecule has 0 aliphatic rings. The SMILES string of the molecule is Cc1cc(CN(C)C(=O)Cc2c(C)[nH]c3ccccc23)no1. The summed E-state index contributed by atoms with van der Waals surface area (Å²) < 4.78 is 5.03. The molecule has 0 atom stereocenters. The lowest BCUT2D eigenvalue weighted by Crippen LogP contribution is -2.28. The highest BCUT2D eigenvalue weighted by Gasteiger charge is 2.16. The predicted molar refractivity (Wildman–Crippen MR) is 84.5 cm³/mol. The quantitative estimate of drug-likeness (QED) is 0.805. The Labute approximate surface area is 128 Å². The van der Waals surface area contributed by atoms with E-state index in [1.807, 2.05) is 44.2 Å². The predicted octanol–water partition coefficient (Wildman–Crippen LogP) is 2.97. The molecule has 0 saturated heterocycles. The molecule has 1 aromatic carbocycles. The topological polar surface area (TPSA) is 62.1 Å². The molecule has 5 heteroatoms. The smallest absolute Gasteiger partial charge is 0.227 e. The molecule has 22 heavy (non-hydrogen) atoms. The molecule has 1 N–H and O–H groups in total. The van der Waals surface area contributed by atoms with E-state index in [-0.39, 0.29) is 5.91 Å². The summed E-state index contributed by atoms with van der Waals surface area (Å²) in [5.41, 5.74) is 3.94. The third-order valence-corrected chi connectivity index (χ3v) is 3.86. The molecule has 0 fully saturated rings. The number of nitrogens with zero attached hydrogens (tertiary/aromatic N) is 2. The van der Waals surface area contributed by atoms with Crippen molar-refractivity contribution in [3.8, 4) is 0 Å². The highest BCUT2D eigenvalue weighted by atomic mass is 16.5. The van der Waals surface area contributed by atoms with Crippen LogP contribution in [0.15, 0.2) is 34.9 Å². The van der Waals surface area contributed by atoms with Gasteiger partial charge in [0, 0.05) is 29.7 Å². The third-order valence-electron chi connectivity index (χ3n) is 3.86. The normalized spacial score (nSPS) is 11.0. The fraction of sp³-hybridized carbons (Fsp3) is 0.294. The number of aromatic amines is 1. The summed E-state index contributed by atoms with van der Waals surface area (Å²) in [6, 6.07) is 9.90. The summed E-state index contributed by atoms with van der Waals surface area (Å²) in [5.74, 6) is 0.817. The van der Waals surface area contributed by atoms with Crippen LogP contribution in [-0.4, -0.2) is 28.0 Å². The number of aryl methyl sites for hydroxylation is 2. The average molecular weight is 297 g/mol. The Kier molecular flexibility index (Phi) is 3.71. The largest absolute Gasteiger partial charge is 0.361 e. The molecule has 3 aromatic rings. The number of H-pyrrole nitrogens is 1. The number of aromatic nitrogens is 2. The summed E-state index contributed by atoms with van der Waals surface area (Å²) in [4.78, 5) is 17.5. The van der Waals surface area contributed by atoms with Crippen molar-refractivity contribution in [1.82, 2.24) is 15.0 Å². The van der Waals surface area contributed by atoms with E-state index in [9.17, 15) is 4.79 Å². The number of hydrogen-bond donors (Lipinski definition) is 1. The first-order chi connectivity index (χ1) is 10.5. The van der Waals surface area contributed by atoms with Gasteiger partial charge in [-0.15, -0.1) is 0 Å². The Morgan fingerprint density at radius 2 is 2.09 bits per heavy atom. The van der Waals surface area contributed by atoms with E-state index in [2.05, 4.69) is 10.1 Å². The number of para-hydroxylation sites is 1. The molecule has 0 spiro atoms. The molecule has 2 aromatic heterocycles. The second kappa shape index (κ2) is 5.67. The van der Waals surface area contributed by atoms with Gasteiger partial charge in [0.2, 0.25) is 5.91 Å². The highest BCUT2D eigenvalue weighted by molar-refractivity contribution is 5.90. The van der Waals surface area contributed by atoms with E-state index >= 15 is 0 Å². The fourth-order valence-corrected chi connectivity index (χ4v) is 2.67. The molecule has 0 unspecified atom stereocenters. The van der Waals surface area contributed by atoms with Gasteiger partial charge in [-0.25, -0.2) is 0 Å². The summed E-state index contributed by atoms with van der Waals surface area (Å²) in [5, 5.41) is 5.04. The Bertz CT molecular complexity index is 816. The number of likely N-dealkylation sites (N-methyl/N-ethyl adjacent to an activating group) is 1. The third kappa shape index (κ3) is 2.74. The van der Waals surface area contributed by atoms with Gasteiger partial charge in [-0.05, 0) is 25.5 Å². The molecule has 0 bridgehead atoms. The molecule has 2 heterocycles. The maximum Gasteiger partial charge on any atom is 0.227 e. The van der Waals surface area contributed by atoms with Gasteiger partial charge in [-0.3, -0.25) is 4.79 Å². The molecule has 0 aliphatic carbocycles. The van der Waals surface area contributed by atoms with E-state index in [4.69, 9.17) is 4.52 Å². The first-order valence-electron chi connectivity index (χ1n) is 7.27. The van der Waals surface area contributed by atoms with Crippen LogP contribution in [0.1, 0.15) is 22.7 Å². The molecule has 114 valence electrons. The van der Waals surface area contributed by atoms with Gasteiger partial charge in [0.05, 0.1) is 13.0 Å². The Balaban J connectivity index is 1.76. The van der Waals surface area contributed by atoms with E-state index in [0.29, 0.717) is 13.0 Å². The van der Waals surface area contributed by atoms with Crippen LogP contribution in [0.2, 0.25) is 0 Å². The molecular formula is C17H19N3O2. The standard InChI is InChI=1S/C17H19N3O2/c1-11-8-13(19-22-11)10-20(3)17(21)9-15-12(2)18-16-7-5-4-6-14(15)16/h4-8,18H,9-10H2,1-3H3. The Hall–Kier alpha value is -2.56. The van der Waals surface area contributed by atoms with Crippen molar-refractivity contribution in [3.63, 3.8) is 0 Å². The second-order valence-electron chi connectivity index (χ2n) is 5.63. The Morgan fingerprint density at radius 3 is 2.82 bits per heavy atom. The molecule has 0 aliphatic heterocycles. The maximum absolute atomic E-state index is 12.5. The molecule has 0 saturated carbocycles. The summed E-state index contributed by atoms with van der Waals surface area (Å²) in [6.07, 6.45) is 0.378. The van der Waals surface area contributed by atoms with Crippen LogP contribution in [0, 0.1) is 13.8 Å². The van der Waals surface area contributed by atoms with Crippen LogP contribution >= 0.6 is 0 Å². The second-order valence-corrected chi connectivity index (χ2v) is 5.63. The number of carbonyl (C=O) groups excluding carboxylic acids is 1. The van der Waals surface area contributed by atoms with Gasteiger partial charge in [-0.1, -0.05) is 23.4 Å². The number of amides is 1. The molecule has 0 radical (unpaired) electrons. The summed E-state index contributed by atoms with van der Waals surface area (Å²) in [7, 11) is 1.79. The minimum atomic E-state index is 0.0634. The lowest BCUT2D eigenvalue weighted by atomic mass is 10.1. The maximum atomic E-state index is 12.5. The molecule has 5 nitrogen and oxygen atoms in total. The number of nitrogens with one attached hydrogen (secondary N) is 1. The zero-order chi connectivity index (χ0) is 15.7. The molecule has 3 rings (SSSR count). The van der Waals surface area contributed by atoms with Crippen LogP contribution in [0.5, 0.6) is 0 Å². The van der Waals surface area contributed by atoms with Crippen molar-refractivity contribution in [2.24, 2.45) is 0 Å². The van der Waals surface area contributed by atoms with E-state index in [1.165, 1.54) is 0 Å². The number of rotatable bonds is 4. The van der Waals surface area contributed by atoms with Gasteiger partial charge in [0.15, 0.2) is 0 Å². The first kappa shape index (κ1) is 14.4. The lowest BCUT2D eigenvalue weighted by molar-refractivity contribution is -0.129.